The Morgan fingerprint density at radius 2 is 1.22 bits per heavy atom. The Morgan fingerprint density at radius 3 is 1.91 bits per heavy atom. The molecular formula is C26H36Cl2N4. The minimum absolute atomic E-state index is 0.0682. The Hall–Kier alpha value is -1.14. The van der Waals surface area contributed by atoms with E-state index in [4.69, 9.17) is 23.2 Å². The lowest BCUT2D eigenvalue weighted by molar-refractivity contribution is 0.0774. The van der Waals surface area contributed by atoms with E-state index >= 15 is 0 Å². The molecule has 2 saturated heterocycles. The van der Waals surface area contributed by atoms with Gasteiger partial charge in [0.05, 0.1) is 11.4 Å². The fourth-order valence-electron chi connectivity index (χ4n) is 5.14. The van der Waals surface area contributed by atoms with Gasteiger partial charge in [0.15, 0.2) is 0 Å². The molecule has 6 atom stereocenters. The van der Waals surface area contributed by atoms with Crippen LogP contribution in [0.3, 0.4) is 0 Å². The van der Waals surface area contributed by atoms with E-state index in [0.29, 0.717) is 6.04 Å². The number of benzene rings is 2. The summed E-state index contributed by atoms with van der Waals surface area (Å²) < 4.78 is 0. The number of fused-ring (bicyclic) bond motifs is 3. The third kappa shape index (κ3) is 5.67. The second-order valence-corrected chi connectivity index (χ2v) is 10.2. The maximum Gasteiger partial charge on any atom is 0.104 e. The van der Waals surface area contributed by atoms with Crippen molar-refractivity contribution in [1.29, 1.82) is 0 Å². The molecule has 0 amide bonds. The minimum atomic E-state index is -0.229. The van der Waals surface area contributed by atoms with E-state index in [2.05, 4.69) is 94.4 Å². The number of hydrogen-bond donors (Lipinski definition) is 0. The van der Waals surface area contributed by atoms with Crippen molar-refractivity contribution in [1.82, 2.24) is 19.6 Å². The number of nitrogens with zero attached hydrogens (tertiary/aromatic N) is 4. The molecule has 6 unspecified atom stereocenters. The summed E-state index contributed by atoms with van der Waals surface area (Å²) in [6.07, 6.45) is 1.13. The molecule has 32 heavy (non-hydrogen) atoms. The van der Waals surface area contributed by atoms with Crippen molar-refractivity contribution in [2.45, 2.75) is 29.4 Å². The van der Waals surface area contributed by atoms with Crippen LogP contribution in [0.15, 0.2) is 60.7 Å². The van der Waals surface area contributed by atoms with Crippen LogP contribution in [0, 0.1) is 0 Å². The van der Waals surface area contributed by atoms with Gasteiger partial charge in [-0.2, -0.15) is 0 Å². The summed E-state index contributed by atoms with van der Waals surface area (Å²) in [5.41, 5.74) is 2.41. The topological polar surface area (TPSA) is 13.0 Å². The summed E-state index contributed by atoms with van der Waals surface area (Å²) in [6, 6.07) is 22.1. The Balaban J connectivity index is 1.68. The summed E-state index contributed by atoms with van der Waals surface area (Å²) >= 11 is 14.3. The van der Waals surface area contributed by atoms with E-state index in [1.54, 1.807) is 0 Å². The largest absolute Gasteiger partial charge is 0.305 e. The predicted molar refractivity (Wildman–Crippen MR) is 136 cm³/mol. The average molecular weight is 476 g/mol. The highest BCUT2D eigenvalue weighted by Crippen LogP contribution is 2.34. The SMILES string of the molecule is CN1CCC(c2ccccc2)N2CCN(C)C(c3ccccc3)C(Cl)C(Cl)N(CC1)CC2. The van der Waals surface area contributed by atoms with Crippen molar-refractivity contribution in [2.24, 2.45) is 0 Å². The maximum atomic E-state index is 7.14. The van der Waals surface area contributed by atoms with E-state index in [-0.39, 0.29) is 16.9 Å². The molecule has 2 aliphatic rings. The summed E-state index contributed by atoms with van der Waals surface area (Å²) in [6.45, 7) is 6.89. The molecule has 0 spiro atoms. The third-order valence-corrected chi connectivity index (χ3v) is 8.28. The van der Waals surface area contributed by atoms with Crippen molar-refractivity contribution in [2.75, 3.05) is 59.9 Å². The predicted octanol–water partition coefficient (Wildman–Crippen LogP) is 4.53. The normalized spacial score (nSPS) is 33.6. The number of halogens is 2. The van der Waals surface area contributed by atoms with Crippen LogP contribution in [0.1, 0.15) is 29.6 Å². The number of hydrogen-bond acceptors (Lipinski definition) is 4. The van der Waals surface area contributed by atoms with Crippen LogP contribution in [0.25, 0.3) is 0 Å². The van der Waals surface area contributed by atoms with Crippen LogP contribution >= 0.6 is 23.2 Å². The molecule has 0 N–H and O–H groups in total. The van der Waals surface area contributed by atoms with Gasteiger partial charge in [0.25, 0.3) is 0 Å². The monoisotopic (exact) mass is 474 g/mol. The Kier molecular flexibility index (Phi) is 8.49. The smallest absolute Gasteiger partial charge is 0.104 e. The maximum absolute atomic E-state index is 7.14. The van der Waals surface area contributed by atoms with E-state index in [9.17, 15) is 0 Å². The average Bonchev–Trinajstić information content (AvgIpc) is 2.82. The van der Waals surface area contributed by atoms with Gasteiger partial charge in [-0.05, 0) is 38.2 Å². The van der Waals surface area contributed by atoms with Crippen LogP contribution in [0.4, 0.5) is 0 Å². The van der Waals surface area contributed by atoms with E-state index in [0.717, 1.165) is 52.2 Å². The van der Waals surface area contributed by atoms with Gasteiger partial charge < -0.3 is 4.90 Å². The molecule has 2 heterocycles. The standard InChI is InChI=1S/C26H36Cl2N4/c1-29-14-13-23(21-9-5-3-6-10-21)31-18-16-30(2)25(22-11-7-4-8-12-22)24(27)26(28)32(17-15-29)20-19-31/h3-12,23-26H,13-20H2,1-2H3. The molecule has 2 aliphatic heterocycles. The van der Waals surface area contributed by atoms with Crippen molar-refractivity contribution in [3.8, 4) is 0 Å². The second-order valence-electron chi connectivity index (χ2n) is 9.24. The lowest BCUT2D eigenvalue weighted by Gasteiger charge is -2.44. The molecule has 2 fully saturated rings. The summed E-state index contributed by atoms with van der Waals surface area (Å²) in [4.78, 5) is 9.90. The zero-order valence-corrected chi connectivity index (χ0v) is 20.8. The first-order valence-corrected chi connectivity index (χ1v) is 12.7. The van der Waals surface area contributed by atoms with Gasteiger partial charge in [0.2, 0.25) is 0 Å². The molecule has 2 bridgehead atoms. The molecule has 0 aliphatic carbocycles. The van der Waals surface area contributed by atoms with Crippen molar-refractivity contribution in [3.05, 3.63) is 71.8 Å². The highest BCUT2D eigenvalue weighted by Gasteiger charge is 2.36. The van der Waals surface area contributed by atoms with Crippen LogP contribution in [0.5, 0.6) is 0 Å². The van der Waals surface area contributed by atoms with Crippen molar-refractivity contribution in [3.63, 3.8) is 0 Å². The first kappa shape index (κ1) is 24.0. The molecule has 2 aromatic rings. The fourth-order valence-corrected chi connectivity index (χ4v) is 5.97. The van der Waals surface area contributed by atoms with Gasteiger partial charge in [0, 0.05) is 45.3 Å². The summed E-state index contributed by atoms with van der Waals surface area (Å²) in [5.74, 6) is 0. The molecule has 4 nitrogen and oxygen atoms in total. The van der Waals surface area contributed by atoms with Crippen molar-refractivity contribution >= 4 is 23.2 Å². The molecule has 0 aromatic heterocycles. The zero-order valence-electron chi connectivity index (χ0n) is 19.3. The molecule has 4 rings (SSSR count). The quantitative estimate of drug-likeness (QED) is 0.468. The highest BCUT2D eigenvalue weighted by molar-refractivity contribution is 6.30. The first-order valence-electron chi connectivity index (χ1n) is 11.8. The molecule has 2 aromatic carbocycles. The Morgan fingerprint density at radius 1 is 0.656 bits per heavy atom. The number of rotatable bonds is 2. The summed E-state index contributed by atoms with van der Waals surface area (Å²) in [7, 11) is 4.41. The number of alkyl halides is 2. The third-order valence-electron chi connectivity index (χ3n) is 7.12. The van der Waals surface area contributed by atoms with Gasteiger partial charge in [-0.15, -0.1) is 23.2 Å². The van der Waals surface area contributed by atoms with Gasteiger partial charge in [0.1, 0.15) is 5.50 Å². The van der Waals surface area contributed by atoms with Crippen molar-refractivity contribution < 1.29 is 0 Å². The Labute approximate surface area is 203 Å². The summed E-state index contributed by atoms with van der Waals surface area (Å²) in [5, 5.41) is -0.200. The molecule has 6 heteroatoms. The molecule has 0 saturated carbocycles. The lowest BCUT2D eigenvalue weighted by atomic mass is 9.99. The van der Waals surface area contributed by atoms with E-state index in [1.165, 1.54) is 11.1 Å². The second kappa shape index (κ2) is 11.3. The lowest BCUT2D eigenvalue weighted by Crippen LogP contribution is -2.52. The number of likely N-dealkylation sites (N-methyl/N-ethyl adjacent to an activating group) is 2. The van der Waals surface area contributed by atoms with Crippen LogP contribution in [0.2, 0.25) is 0 Å². The van der Waals surface area contributed by atoms with Gasteiger partial charge >= 0.3 is 0 Å². The Bertz CT molecular complexity index is 821. The van der Waals surface area contributed by atoms with Gasteiger partial charge in [-0.3, -0.25) is 14.7 Å². The fraction of sp³-hybridized carbons (Fsp3) is 0.538. The van der Waals surface area contributed by atoms with Gasteiger partial charge in [-0.25, -0.2) is 0 Å². The first-order chi connectivity index (χ1) is 15.5. The highest BCUT2D eigenvalue weighted by atomic mass is 35.5. The molecule has 0 radical (unpaired) electrons. The van der Waals surface area contributed by atoms with E-state index in [1.807, 2.05) is 0 Å². The van der Waals surface area contributed by atoms with E-state index < -0.39 is 0 Å². The van der Waals surface area contributed by atoms with Gasteiger partial charge in [-0.1, -0.05) is 60.7 Å². The minimum Gasteiger partial charge on any atom is -0.305 e. The molecular weight excluding hydrogens is 439 g/mol. The van der Waals surface area contributed by atoms with Crippen LogP contribution in [-0.4, -0.2) is 90.4 Å². The molecule has 174 valence electrons. The van der Waals surface area contributed by atoms with Crippen LogP contribution < -0.4 is 0 Å². The zero-order chi connectivity index (χ0) is 22.5. The van der Waals surface area contributed by atoms with Crippen LogP contribution in [-0.2, 0) is 0 Å².